The highest BCUT2D eigenvalue weighted by Crippen LogP contribution is 2.52. The Morgan fingerprint density at radius 3 is 2.85 bits per heavy atom. The van der Waals surface area contributed by atoms with Crippen LogP contribution < -0.4 is 13.9 Å². The lowest BCUT2D eigenvalue weighted by atomic mass is 9.98. The fourth-order valence-electron chi connectivity index (χ4n) is 6.79. The number of para-hydroxylation sites is 2. The first-order valence-electron chi connectivity index (χ1n) is 11.4. The van der Waals surface area contributed by atoms with Gasteiger partial charge in [0.25, 0.3) is 0 Å². The van der Waals surface area contributed by atoms with Crippen LogP contribution in [0, 0.1) is 6.92 Å². The second kappa shape index (κ2) is 4.68. The summed E-state index contributed by atoms with van der Waals surface area (Å²) in [5.74, 6) is 0.932. The number of ether oxygens (including phenoxy) is 1. The zero-order chi connectivity index (χ0) is 21.9. The molecule has 1 spiro atoms. The largest absolute Gasteiger partial charge is 0.449 e. The average Bonchev–Trinajstić information content (AvgIpc) is 3.64. The molecule has 0 saturated carbocycles. The molecule has 7 aromatic rings. The number of imidazole rings is 1. The molecule has 10 rings (SSSR count). The number of nitrogens with zero attached hydrogens (tertiary/aromatic N) is 5. The molecule has 0 bridgehead atoms. The van der Waals surface area contributed by atoms with Gasteiger partial charge in [-0.3, -0.25) is 0 Å². The molecule has 0 radical (unpaired) electrons. The summed E-state index contributed by atoms with van der Waals surface area (Å²) < 4.78 is 21.9. The van der Waals surface area contributed by atoms with Gasteiger partial charge in [0, 0.05) is 11.5 Å². The quantitative estimate of drug-likeness (QED) is 0.331. The van der Waals surface area contributed by atoms with Gasteiger partial charge in [-0.25, -0.2) is 0 Å². The van der Waals surface area contributed by atoms with Gasteiger partial charge in [0.05, 0.1) is 28.8 Å². The highest BCUT2D eigenvalue weighted by Gasteiger charge is 2.70. The van der Waals surface area contributed by atoms with Crippen molar-refractivity contribution in [2.24, 2.45) is 0 Å². The minimum absolute atomic E-state index is 0.738. The minimum Gasteiger partial charge on any atom is -0.430 e. The molecular weight excluding hydrogens is 426 g/mol. The number of pyridine rings is 2. The monoisotopic (exact) mass is 441 g/mol. The molecule has 0 N–H and O–H groups in total. The molecule has 8 heterocycles. The van der Waals surface area contributed by atoms with Crippen LogP contribution in [0.4, 0.5) is 0 Å². The topological polar surface area (TPSA) is 52.4 Å². The van der Waals surface area contributed by atoms with Crippen molar-refractivity contribution in [2.45, 2.75) is 12.7 Å². The molecule has 1 atom stereocenters. The molecule has 7 heteroatoms. The summed E-state index contributed by atoms with van der Waals surface area (Å²) in [6, 6.07) is 23.3. The fourth-order valence-corrected chi connectivity index (χ4v) is 6.79. The van der Waals surface area contributed by atoms with Crippen LogP contribution >= 0.6 is 0 Å². The Bertz CT molecular complexity index is 2130. The SMILES string of the molecule is Cc1cc2n(n1)C13c4c(ccc5c6ccoc6n6c7ccccc7[n+]1c6c45)Oc1cccc-2[n+]13. The lowest BCUT2D eigenvalue weighted by molar-refractivity contribution is -0.960. The van der Waals surface area contributed by atoms with Crippen molar-refractivity contribution in [3.63, 3.8) is 0 Å². The first kappa shape index (κ1) is 16.0. The summed E-state index contributed by atoms with van der Waals surface area (Å²) in [6.07, 6.45) is 1.78. The van der Waals surface area contributed by atoms with E-state index in [0.717, 1.165) is 67.4 Å². The lowest BCUT2D eigenvalue weighted by Crippen LogP contribution is -2.75. The molecule has 1 unspecified atom stereocenters. The summed E-state index contributed by atoms with van der Waals surface area (Å²) >= 11 is 0. The first-order chi connectivity index (χ1) is 16.8. The maximum atomic E-state index is 6.56. The smallest absolute Gasteiger partial charge is 0.430 e. The zero-order valence-electron chi connectivity index (χ0n) is 18.0. The van der Waals surface area contributed by atoms with Gasteiger partial charge in [0.1, 0.15) is 5.69 Å². The van der Waals surface area contributed by atoms with Crippen LogP contribution in [-0.4, -0.2) is 14.2 Å². The number of aromatic nitrogens is 5. The van der Waals surface area contributed by atoms with Crippen molar-refractivity contribution in [1.29, 1.82) is 0 Å². The van der Waals surface area contributed by atoms with Gasteiger partial charge in [-0.1, -0.05) is 16.7 Å². The van der Waals surface area contributed by atoms with E-state index in [1.165, 1.54) is 5.39 Å². The highest BCUT2D eigenvalue weighted by molar-refractivity contribution is 6.14. The molecule has 7 nitrogen and oxygen atoms in total. The second-order valence-electron chi connectivity index (χ2n) is 9.39. The molecule has 3 aliphatic rings. The van der Waals surface area contributed by atoms with E-state index in [-0.39, 0.29) is 0 Å². The summed E-state index contributed by atoms with van der Waals surface area (Å²) in [4.78, 5) is 0. The van der Waals surface area contributed by atoms with Gasteiger partial charge in [0.2, 0.25) is 5.69 Å². The van der Waals surface area contributed by atoms with Crippen molar-refractivity contribution in [2.75, 3.05) is 0 Å². The van der Waals surface area contributed by atoms with E-state index in [0.29, 0.717) is 0 Å². The maximum Gasteiger partial charge on any atom is 0.449 e. The van der Waals surface area contributed by atoms with Crippen molar-refractivity contribution >= 4 is 38.6 Å². The van der Waals surface area contributed by atoms with Crippen molar-refractivity contribution < 1.29 is 18.3 Å². The summed E-state index contributed by atoms with van der Waals surface area (Å²) in [6.45, 7) is 2.06. The summed E-state index contributed by atoms with van der Waals surface area (Å²) in [5, 5.41) is 8.52. The molecule has 158 valence electrons. The minimum atomic E-state index is -0.738. The third-order valence-corrected chi connectivity index (χ3v) is 7.83. The number of hydrogen-bond donors (Lipinski definition) is 0. The lowest BCUT2D eigenvalue weighted by Gasteiger charge is -2.26. The molecule has 3 aliphatic heterocycles. The fraction of sp³-hybridized carbons (Fsp3) is 0.0741. The van der Waals surface area contributed by atoms with E-state index in [4.69, 9.17) is 14.3 Å². The van der Waals surface area contributed by atoms with Crippen LogP contribution in [0.3, 0.4) is 0 Å². The molecule has 34 heavy (non-hydrogen) atoms. The van der Waals surface area contributed by atoms with Gasteiger partial charge in [-0.15, -0.1) is 9.25 Å². The molecule has 0 saturated heterocycles. The number of fused-ring (bicyclic) bond motifs is 8. The standard InChI is InChI=1S/C27H15N5O2/c1-14-13-20-19-7-4-8-22-30(19)27(32(20)28-14)24-21(34-22)10-9-15-16-11-12-33-26(16)29-17-5-2-3-6-18(17)31(27)25(29)23(15)24/h2-13H,1H3/q+2. The van der Waals surface area contributed by atoms with Crippen molar-refractivity contribution in [3.8, 4) is 23.0 Å². The normalized spacial score (nSPS) is 18.5. The van der Waals surface area contributed by atoms with Gasteiger partial charge in [-0.2, -0.15) is 9.50 Å². The van der Waals surface area contributed by atoms with Crippen LogP contribution in [0.25, 0.3) is 49.9 Å². The molecule has 2 aromatic carbocycles. The van der Waals surface area contributed by atoms with Crippen molar-refractivity contribution in [3.05, 3.63) is 84.3 Å². The molecule has 0 aliphatic carbocycles. The Hall–Kier alpha value is -4.65. The second-order valence-corrected chi connectivity index (χ2v) is 9.39. The van der Waals surface area contributed by atoms with E-state index >= 15 is 0 Å². The Labute approximate surface area is 191 Å². The Balaban J connectivity index is 1.63. The molecule has 0 fully saturated rings. The number of furan rings is 1. The molecular formula is C27H15N5O2+2. The predicted octanol–water partition coefficient (Wildman–Crippen LogP) is 4.23. The van der Waals surface area contributed by atoms with Crippen LogP contribution in [0.5, 0.6) is 11.6 Å². The Kier molecular flexibility index (Phi) is 2.21. The van der Waals surface area contributed by atoms with Crippen LogP contribution in [-0.2, 0) is 5.79 Å². The van der Waals surface area contributed by atoms with E-state index in [1.54, 1.807) is 6.26 Å². The van der Waals surface area contributed by atoms with E-state index < -0.39 is 5.79 Å². The van der Waals surface area contributed by atoms with E-state index in [1.807, 2.05) is 6.07 Å². The highest BCUT2D eigenvalue weighted by atomic mass is 16.5. The number of rotatable bonds is 0. The third-order valence-electron chi connectivity index (χ3n) is 7.83. The van der Waals surface area contributed by atoms with Gasteiger partial charge in [-0.05, 0) is 49.4 Å². The molecule has 5 aromatic heterocycles. The zero-order valence-corrected chi connectivity index (χ0v) is 18.0. The van der Waals surface area contributed by atoms with E-state index in [9.17, 15) is 0 Å². The average molecular weight is 441 g/mol. The third kappa shape index (κ3) is 1.33. The Morgan fingerprint density at radius 2 is 1.88 bits per heavy atom. The number of hydrogen-bond acceptors (Lipinski definition) is 3. The number of aryl methyl sites for hydroxylation is 1. The van der Waals surface area contributed by atoms with Crippen LogP contribution in [0.15, 0.2) is 77.4 Å². The summed E-state index contributed by atoms with van der Waals surface area (Å²) in [5.41, 5.74) is 8.45. The van der Waals surface area contributed by atoms with Gasteiger partial charge >= 0.3 is 23.0 Å². The predicted molar refractivity (Wildman–Crippen MR) is 123 cm³/mol. The molecule has 0 amide bonds. The van der Waals surface area contributed by atoms with E-state index in [2.05, 4.69) is 85.8 Å². The number of benzene rings is 2. The maximum absolute atomic E-state index is 6.56. The van der Waals surface area contributed by atoms with Crippen molar-refractivity contribution in [1.82, 2.24) is 14.2 Å². The Morgan fingerprint density at radius 1 is 0.941 bits per heavy atom. The summed E-state index contributed by atoms with van der Waals surface area (Å²) in [7, 11) is 0. The van der Waals surface area contributed by atoms with Crippen LogP contribution in [0.2, 0.25) is 0 Å². The first-order valence-corrected chi connectivity index (χ1v) is 11.4. The van der Waals surface area contributed by atoms with Crippen LogP contribution in [0.1, 0.15) is 11.3 Å². The van der Waals surface area contributed by atoms with Gasteiger partial charge < -0.3 is 9.15 Å². The van der Waals surface area contributed by atoms with Gasteiger partial charge in [0.15, 0.2) is 22.3 Å².